The lowest BCUT2D eigenvalue weighted by molar-refractivity contribution is 0.140. The number of terminal acetylenes is 1. The molecular weight excluding hydrogens is 156 g/mol. The molecule has 1 N–H and O–H groups in total. The fraction of sp³-hybridized carbons (Fsp3) is 0.600. The van der Waals surface area contributed by atoms with E-state index in [0.29, 0.717) is 0 Å². The third-order valence-electron chi connectivity index (χ3n) is 0.821. The normalized spacial score (nSPS) is 14.1. The van der Waals surface area contributed by atoms with E-state index in [1.165, 1.54) is 6.92 Å². The maximum absolute atomic E-state index is 10.2. The van der Waals surface area contributed by atoms with Gasteiger partial charge in [-0.2, -0.15) is 8.42 Å². The largest absolute Gasteiger partial charge is 0.347 e. The van der Waals surface area contributed by atoms with Crippen molar-refractivity contribution in [2.75, 3.05) is 6.61 Å². The average molecular weight is 164 g/mol. The molecule has 5 heteroatoms. The van der Waals surface area contributed by atoms with Crippen molar-refractivity contribution in [2.24, 2.45) is 0 Å². The van der Waals surface area contributed by atoms with E-state index in [-0.39, 0.29) is 6.61 Å². The molecule has 0 amide bonds. The number of rotatable bonds is 3. The van der Waals surface area contributed by atoms with Gasteiger partial charge >= 0.3 is 0 Å². The molecule has 0 aromatic rings. The van der Waals surface area contributed by atoms with Gasteiger partial charge in [-0.15, -0.1) is 6.42 Å². The van der Waals surface area contributed by atoms with Gasteiger partial charge < -0.3 is 4.74 Å². The Morgan fingerprint density at radius 1 is 1.80 bits per heavy atom. The first-order valence-corrected chi connectivity index (χ1v) is 4.00. The fourth-order valence-electron chi connectivity index (χ4n) is 0.251. The van der Waals surface area contributed by atoms with Crippen LogP contribution in [-0.4, -0.2) is 25.0 Å². The standard InChI is InChI=1S/C5H8O4S/c1-3-4-9-5(2)10(6,7)8/h1,5H,4H2,2H3,(H,6,7,8). The van der Waals surface area contributed by atoms with Gasteiger partial charge in [-0.05, 0) is 6.92 Å². The van der Waals surface area contributed by atoms with Crippen molar-refractivity contribution in [3.8, 4) is 12.3 Å². The lowest BCUT2D eigenvalue weighted by atomic mass is 10.7. The molecule has 0 aromatic heterocycles. The first-order valence-electron chi connectivity index (χ1n) is 2.50. The highest BCUT2D eigenvalue weighted by atomic mass is 32.2. The van der Waals surface area contributed by atoms with Crippen LogP contribution >= 0.6 is 0 Å². The molecule has 0 bridgehead atoms. The molecule has 0 aliphatic carbocycles. The zero-order valence-electron chi connectivity index (χ0n) is 5.44. The molecule has 0 saturated carbocycles. The van der Waals surface area contributed by atoms with Gasteiger partial charge in [-0.25, -0.2) is 0 Å². The Kier molecular flexibility index (Phi) is 3.36. The Labute approximate surface area is 59.9 Å². The van der Waals surface area contributed by atoms with Crippen molar-refractivity contribution in [1.82, 2.24) is 0 Å². The van der Waals surface area contributed by atoms with E-state index in [1.807, 2.05) is 0 Å². The topological polar surface area (TPSA) is 63.6 Å². The molecule has 1 atom stereocenters. The van der Waals surface area contributed by atoms with Gasteiger partial charge in [0.15, 0.2) is 5.44 Å². The Balaban J connectivity index is 3.90. The Morgan fingerprint density at radius 2 is 2.30 bits per heavy atom. The first kappa shape index (κ1) is 9.43. The summed E-state index contributed by atoms with van der Waals surface area (Å²) in [4.78, 5) is 0. The molecule has 0 saturated heterocycles. The van der Waals surface area contributed by atoms with Crippen molar-refractivity contribution in [2.45, 2.75) is 12.4 Å². The Hall–Kier alpha value is -0.570. The summed E-state index contributed by atoms with van der Waals surface area (Å²) in [5.41, 5.74) is -1.25. The van der Waals surface area contributed by atoms with Gasteiger partial charge in [0.05, 0.1) is 0 Å². The summed E-state index contributed by atoms with van der Waals surface area (Å²) in [7, 11) is -4.09. The SMILES string of the molecule is C#CCOC(C)S(=O)(=O)O. The van der Waals surface area contributed by atoms with Crippen LogP contribution in [0.5, 0.6) is 0 Å². The van der Waals surface area contributed by atoms with E-state index in [2.05, 4.69) is 10.7 Å². The predicted molar refractivity (Wildman–Crippen MR) is 35.8 cm³/mol. The van der Waals surface area contributed by atoms with Gasteiger partial charge in [0.1, 0.15) is 6.61 Å². The molecule has 58 valence electrons. The quantitative estimate of drug-likeness (QED) is 0.466. The highest BCUT2D eigenvalue weighted by molar-refractivity contribution is 7.86. The second kappa shape index (κ2) is 3.56. The predicted octanol–water partition coefficient (Wildman–Crippen LogP) is -0.130. The van der Waals surface area contributed by atoms with Gasteiger partial charge in [-0.3, -0.25) is 4.55 Å². The van der Waals surface area contributed by atoms with Crippen LogP contribution in [0.4, 0.5) is 0 Å². The third-order valence-corrected chi connectivity index (χ3v) is 1.80. The van der Waals surface area contributed by atoms with E-state index in [4.69, 9.17) is 11.0 Å². The molecule has 1 unspecified atom stereocenters. The lowest BCUT2D eigenvalue weighted by Crippen LogP contribution is -2.20. The van der Waals surface area contributed by atoms with Crippen LogP contribution in [-0.2, 0) is 14.9 Å². The van der Waals surface area contributed by atoms with Crippen LogP contribution in [0.1, 0.15) is 6.92 Å². The lowest BCUT2D eigenvalue weighted by Gasteiger charge is -2.05. The molecule has 0 aromatic carbocycles. The molecule has 0 rings (SSSR count). The maximum atomic E-state index is 10.2. The Morgan fingerprint density at radius 3 is 2.60 bits per heavy atom. The van der Waals surface area contributed by atoms with E-state index < -0.39 is 15.6 Å². The minimum Gasteiger partial charge on any atom is -0.347 e. The molecule has 0 radical (unpaired) electrons. The summed E-state index contributed by atoms with van der Waals surface area (Å²) in [6.07, 6.45) is 4.77. The van der Waals surface area contributed by atoms with Crippen LogP contribution in [0.15, 0.2) is 0 Å². The fourth-order valence-corrected chi connectivity index (χ4v) is 0.491. The summed E-state index contributed by atoms with van der Waals surface area (Å²) in [6.45, 7) is 1.08. The smallest absolute Gasteiger partial charge is 0.292 e. The van der Waals surface area contributed by atoms with Crippen LogP contribution in [0.25, 0.3) is 0 Å². The van der Waals surface area contributed by atoms with E-state index in [1.54, 1.807) is 0 Å². The highest BCUT2D eigenvalue weighted by Gasteiger charge is 2.16. The zero-order chi connectivity index (χ0) is 8.20. The van der Waals surface area contributed by atoms with Crippen LogP contribution in [0.2, 0.25) is 0 Å². The van der Waals surface area contributed by atoms with Crippen molar-refractivity contribution in [3.05, 3.63) is 0 Å². The number of hydrogen-bond donors (Lipinski definition) is 1. The second-order valence-corrected chi connectivity index (χ2v) is 3.29. The third kappa shape index (κ3) is 3.45. The van der Waals surface area contributed by atoms with E-state index in [9.17, 15) is 8.42 Å². The van der Waals surface area contributed by atoms with Gasteiger partial charge in [0.2, 0.25) is 0 Å². The van der Waals surface area contributed by atoms with E-state index in [0.717, 1.165) is 0 Å². The molecule has 0 spiro atoms. The van der Waals surface area contributed by atoms with Gasteiger partial charge in [-0.1, -0.05) is 5.92 Å². The average Bonchev–Trinajstić information content (AvgIpc) is 1.80. The Bertz CT molecular complexity index is 223. The van der Waals surface area contributed by atoms with Crippen molar-refractivity contribution >= 4 is 10.1 Å². The number of hydrogen-bond acceptors (Lipinski definition) is 3. The highest BCUT2D eigenvalue weighted by Crippen LogP contribution is 1.97. The van der Waals surface area contributed by atoms with Crippen LogP contribution < -0.4 is 0 Å². The minimum atomic E-state index is -4.09. The summed E-state index contributed by atoms with van der Waals surface area (Å²) in [5, 5.41) is 0. The van der Waals surface area contributed by atoms with Crippen LogP contribution in [0, 0.1) is 12.3 Å². The summed E-state index contributed by atoms with van der Waals surface area (Å²) in [6, 6.07) is 0. The molecule has 0 fully saturated rings. The molecule has 4 nitrogen and oxygen atoms in total. The van der Waals surface area contributed by atoms with E-state index >= 15 is 0 Å². The molecule has 0 aliphatic heterocycles. The van der Waals surface area contributed by atoms with Gasteiger partial charge in [0, 0.05) is 0 Å². The van der Waals surface area contributed by atoms with Gasteiger partial charge in [0.25, 0.3) is 10.1 Å². The summed E-state index contributed by atoms with van der Waals surface area (Å²) in [5.74, 6) is 2.07. The van der Waals surface area contributed by atoms with Crippen LogP contribution in [0.3, 0.4) is 0 Å². The second-order valence-electron chi connectivity index (χ2n) is 1.60. The number of ether oxygens (including phenoxy) is 1. The summed E-state index contributed by atoms with van der Waals surface area (Å²) < 4.78 is 33.2. The summed E-state index contributed by atoms with van der Waals surface area (Å²) >= 11 is 0. The van der Waals surface area contributed by atoms with Crippen molar-refractivity contribution in [3.63, 3.8) is 0 Å². The van der Waals surface area contributed by atoms with Crippen molar-refractivity contribution < 1.29 is 17.7 Å². The molecular formula is C5H8O4S. The first-order chi connectivity index (χ1) is 4.48. The molecule has 0 heterocycles. The molecule has 0 aliphatic rings. The monoisotopic (exact) mass is 164 g/mol. The maximum Gasteiger partial charge on any atom is 0.292 e. The van der Waals surface area contributed by atoms with Crippen molar-refractivity contribution in [1.29, 1.82) is 0 Å². The molecule has 10 heavy (non-hydrogen) atoms. The minimum absolute atomic E-state index is 0.124. The zero-order valence-corrected chi connectivity index (χ0v) is 6.26.